The quantitative estimate of drug-likeness (QED) is 0.564. The molecule has 1 aromatic heterocycles. The molecule has 1 saturated heterocycles. The van der Waals surface area contributed by atoms with E-state index in [4.69, 9.17) is 9.47 Å². The maximum absolute atomic E-state index is 13.1. The van der Waals surface area contributed by atoms with Crippen LogP contribution < -0.4 is 0 Å². The zero-order chi connectivity index (χ0) is 22.9. The van der Waals surface area contributed by atoms with E-state index in [0.717, 1.165) is 27.7 Å². The van der Waals surface area contributed by atoms with Gasteiger partial charge < -0.3 is 14.4 Å². The van der Waals surface area contributed by atoms with Gasteiger partial charge in [0.15, 0.2) is 0 Å². The summed E-state index contributed by atoms with van der Waals surface area (Å²) < 4.78 is 11.0. The van der Waals surface area contributed by atoms with Gasteiger partial charge in [-0.1, -0.05) is 18.2 Å². The van der Waals surface area contributed by atoms with Gasteiger partial charge in [-0.25, -0.2) is 4.79 Å². The molecule has 0 atom stereocenters. The maximum atomic E-state index is 13.1. The molecule has 2 heterocycles. The molecule has 6 nitrogen and oxygen atoms in total. The van der Waals surface area contributed by atoms with Crippen molar-refractivity contribution in [3.05, 3.63) is 65.4 Å². The van der Waals surface area contributed by atoms with Gasteiger partial charge in [0, 0.05) is 29.7 Å². The standard InChI is InChI=1S/C26H28N2O4/c1-17-15-21(19-7-5-6-8-20(19)25(30)32-26(2,3)4)22-16-18(9-10-23(22)27-17)24(29)28-11-13-31-14-12-28/h5-10,15-16H,11-14H2,1-4H3. The minimum absolute atomic E-state index is 0.0258. The van der Waals surface area contributed by atoms with Gasteiger partial charge in [-0.2, -0.15) is 0 Å². The normalized spacial score (nSPS) is 14.4. The molecule has 0 radical (unpaired) electrons. The van der Waals surface area contributed by atoms with Crippen LogP contribution in [0.1, 0.15) is 47.2 Å². The van der Waals surface area contributed by atoms with Crippen LogP contribution in [0.2, 0.25) is 0 Å². The number of pyridine rings is 1. The Balaban J connectivity index is 1.83. The van der Waals surface area contributed by atoms with E-state index < -0.39 is 5.60 Å². The summed E-state index contributed by atoms with van der Waals surface area (Å²) in [6.07, 6.45) is 0. The van der Waals surface area contributed by atoms with E-state index in [1.54, 1.807) is 11.0 Å². The Kier molecular flexibility index (Phi) is 5.98. The molecule has 0 spiro atoms. The van der Waals surface area contributed by atoms with Crippen molar-refractivity contribution in [3.63, 3.8) is 0 Å². The van der Waals surface area contributed by atoms with Crippen molar-refractivity contribution in [2.24, 2.45) is 0 Å². The molecule has 0 saturated carbocycles. The SMILES string of the molecule is Cc1cc(-c2ccccc2C(=O)OC(C)(C)C)c2cc(C(=O)N3CCOCC3)ccc2n1. The van der Waals surface area contributed by atoms with Gasteiger partial charge in [0.2, 0.25) is 0 Å². The summed E-state index contributed by atoms with van der Waals surface area (Å²) in [5, 5.41) is 0.825. The lowest BCUT2D eigenvalue weighted by molar-refractivity contribution is 0.00703. The molecule has 1 amide bonds. The average molecular weight is 433 g/mol. The first-order valence-corrected chi connectivity index (χ1v) is 10.8. The van der Waals surface area contributed by atoms with Gasteiger partial charge in [0.1, 0.15) is 5.60 Å². The number of ether oxygens (including phenoxy) is 2. The van der Waals surface area contributed by atoms with Crippen LogP contribution in [0.25, 0.3) is 22.0 Å². The first-order valence-electron chi connectivity index (χ1n) is 10.8. The second-order valence-corrected chi connectivity index (χ2v) is 9.00. The highest BCUT2D eigenvalue weighted by Crippen LogP contribution is 2.33. The van der Waals surface area contributed by atoms with Crippen LogP contribution in [-0.4, -0.2) is 53.7 Å². The van der Waals surface area contributed by atoms with Crippen LogP contribution in [0, 0.1) is 6.92 Å². The number of benzene rings is 2. The molecular weight excluding hydrogens is 404 g/mol. The molecule has 0 bridgehead atoms. The fraction of sp³-hybridized carbons (Fsp3) is 0.346. The molecule has 2 aromatic carbocycles. The fourth-order valence-corrected chi connectivity index (χ4v) is 3.89. The third kappa shape index (κ3) is 4.65. The highest BCUT2D eigenvalue weighted by Gasteiger charge is 2.23. The van der Waals surface area contributed by atoms with Gasteiger partial charge in [-0.3, -0.25) is 9.78 Å². The second kappa shape index (κ2) is 8.71. The Bertz CT molecular complexity index is 1170. The smallest absolute Gasteiger partial charge is 0.339 e. The number of rotatable bonds is 3. The number of hydrogen-bond donors (Lipinski definition) is 0. The second-order valence-electron chi connectivity index (χ2n) is 9.00. The first-order chi connectivity index (χ1) is 15.2. The molecule has 1 fully saturated rings. The lowest BCUT2D eigenvalue weighted by atomic mass is 9.94. The molecule has 166 valence electrons. The molecule has 0 aliphatic carbocycles. The third-order valence-electron chi connectivity index (χ3n) is 5.32. The molecule has 4 rings (SSSR count). The van der Waals surface area contributed by atoms with Crippen LogP contribution in [0.3, 0.4) is 0 Å². The Morgan fingerprint density at radius 3 is 2.44 bits per heavy atom. The summed E-state index contributed by atoms with van der Waals surface area (Å²) in [6.45, 7) is 9.73. The molecule has 0 N–H and O–H groups in total. The summed E-state index contributed by atoms with van der Waals surface area (Å²) >= 11 is 0. The van der Waals surface area contributed by atoms with Crippen molar-refractivity contribution in [1.29, 1.82) is 0 Å². The number of amides is 1. The summed E-state index contributed by atoms with van der Waals surface area (Å²) in [4.78, 5) is 32.5. The highest BCUT2D eigenvalue weighted by atomic mass is 16.6. The number of nitrogens with zero attached hydrogens (tertiary/aromatic N) is 2. The summed E-state index contributed by atoms with van der Waals surface area (Å²) in [5.74, 6) is -0.404. The monoisotopic (exact) mass is 432 g/mol. The Labute approximate surface area is 188 Å². The number of fused-ring (bicyclic) bond motifs is 1. The molecule has 1 aliphatic rings. The number of carbonyl (C=O) groups excluding carboxylic acids is 2. The molecule has 0 unspecified atom stereocenters. The topological polar surface area (TPSA) is 68.7 Å². The van der Waals surface area contributed by atoms with Crippen molar-refractivity contribution in [2.75, 3.05) is 26.3 Å². The van der Waals surface area contributed by atoms with Crippen molar-refractivity contribution >= 4 is 22.8 Å². The van der Waals surface area contributed by atoms with Gasteiger partial charge in [0.05, 0.1) is 24.3 Å². The highest BCUT2D eigenvalue weighted by molar-refractivity contribution is 6.06. The minimum Gasteiger partial charge on any atom is -0.456 e. The molecular formula is C26H28N2O4. The van der Waals surface area contributed by atoms with E-state index in [9.17, 15) is 9.59 Å². The lowest BCUT2D eigenvalue weighted by Crippen LogP contribution is -2.40. The number of morpholine rings is 1. The van der Waals surface area contributed by atoms with E-state index >= 15 is 0 Å². The molecule has 1 aliphatic heterocycles. The van der Waals surface area contributed by atoms with Gasteiger partial charge in [0.25, 0.3) is 5.91 Å². The van der Waals surface area contributed by atoms with Crippen LogP contribution >= 0.6 is 0 Å². The van der Waals surface area contributed by atoms with E-state index in [2.05, 4.69) is 4.98 Å². The zero-order valence-electron chi connectivity index (χ0n) is 19.0. The van der Waals surface area contributed by atoms with E-state index in [1.165, 1.54) is 0 Å². The average Bonchev–Trinajstić information content (AvgIpc) is 2.77. The first kappa shape index (κ1) is 22.0. The number of carbonyl (C=O) groups is 2. The lowest BCUT2D eigenvalue weighted by Gasteiger charge is -2.27. The van der Waals surface area contributed by atoms with E-state index in [0.29, 0.717) is 37.4 Å². The summed E-state index contributed by atoms with van der Waals surface area (Å²) in [7, 11) is 0. The van der Waals surface area contributed by atoms with Gasteiger partial charge >= 0.3 is 5.97 Å². The van der Waals surface area contributed by atoms with Crippen molar-refractivity contribution in [3.8, 4) is 11.1 Å². The van der Waals surface area contributed by atoms with Crippen LogP contribution in [0.4, 0.5) is 0 Å². The Morgan fingerprint density at radius 2 is 1.72 bits per heavy atom. The van der Waals surface area contributed by atoms with E-state index in [-0.39, 0.29) is 11.9 Å². The van der Waals surface area contributed by atoms with E-state index in [1.807, 2.05) is 70.2 Å². The Morgan fingerprint density at radius 1 is 1.00 bits per heavy atom. The van der Waals surface area contributed by atoms with Gasteiger partial charge in [-0.15, -0.1) is 0 Å². The zero-order valence-corrected chi connectivity index (χ0v) is 19.0. The van der Waals surface area contributed by atoms with Crippen LogP contribution in [-0.2, 0) is 9.47 Å². The van der Waals surface area contributed by atoms with Crippen molar-refractivity contribution in [1.82, 2.24) is 9.88 Å². The molecule has 3 aromatic rings. The third-order valence-corrected chi connectivity index (χ3v) is 5.32. The number of hydrogen-bond acceptors (Lipinski definition) is 5. The minimum atomic E-state index is -0.599. The Hall–Kier alpha value is -3.25. The largest absolute Gasteiger partial charge is 0.456 e. The predicted octanol–water partition coefficient (Wildman–Crippen LogP) is 4.64. The fourth-order valence-electron chi connectivity index (χ4n) is 3.89. The van der Waals surface area contributed by atoms with Gasteiger partial charge in [-0.05, 0) is 69.2 Å². The number of aromatic nitrogens is 1. The molecule has 32 heavy (non-hydrogen) atoms. The predicted molar refractivity (Wildman–Crippen MR) is 124 cm³/mol. The summed E-state index contributed by atoms with van der Waals surface area (Å²) in [6, 6.07) is 14.9. The number of esters is 1. The van der Waals surface area contributed by atoms with Crippen LogP contribution in [0.15, 0.2) is 48.5 Å². The van der Waals surface area contributed by atoms with Crippen molar-refractivity contribution < 1.29 is 19.1 Å². The van der Waals surface area contributed by atoms with Crippen molar-refractivity contribution in [2.45, 2.75) is 33.3 Å². The number of aryl methyl sites for hydroxylation is 1. The molecule has 6 heteroatoms. The van der Waals surface area contributed by atoms with Crippen LogP contribution in [0.5, 0.6) is 0 Å². The summed E-state index contributed by atoms with van der Waals surface area (Å²) in [5.41, 5.74) is 3.70. The maximum Gasteiger partial charge on any atom is 0.339 e.